The molecule has 2 N–H and O–H groups in total. The zero-order chi connectivity index (χ0) is 14.2. The fraction of sp³-hybridized carbons (Fsp3) is 0.636. The second-order valence-corrected chi connectivity index (χ2v) is 4.87. The SMILES string of the molecule is CC1C(=O)NC(=O)CN1C(=O)N1CC(CC(=O)O)C1. The summed E-state index contributed by atoms with van der Waals surface area (Å²) >= 11 is 0. The summed E-state index contributed by atoms with van der Waals surface area (Å²) in [5.74, 6) is -1.93. The monoisotopic (exact) mass is 269 g/mol. The Kier molecular flexibility index (Phi) is 3.41. The van der Waals surface area contributed by atoms with Gasteiger partial charge >= 0.3 is 12.0 Å². The third kappa shape index (κ3) is 2.67. The number of nitrogens with one attached hydrogen (secondary N) is 1. The minimum Gasteiger partial charge on any atom is -0.481 e. The van der Waals surface area contributed by atoms with Crippen LogP contribution in [0.5, 0.6) is 0 Å². The zero-order valence-electron chi connectivity index (χ0n) is 10.5. The van der Waals surface area contributed by atoms with Gasteiger partial charge in [-0.05, 0) is 6.92 Å². The highest BCUT2D eigenvalue weighted by molar-refractivity contribution is 6.03. The van der Waals surface area contributed by atoms with Crippen molar-refractivity contribution in [2.75, 3.05) is 19.6 Å². The first-order chi connectivity index (χ1) is 8.88. The zero-order valence-corrected chi connectivity index (χ0v) is 10.5. The van der Waals surface area contributed by atoms with Gasteiger partial charge < -0.3 is 14.9 Å². The maximum absolute atomic E-state index is 12.1. The average molecular weight is 269 g/mol. The van der Waals surface area contributed by atoms with Crippen molar-refractivity contribution in [3.63, 3.8) is 0 Å². The summed E-state index contributed by atoms with van der Waals surface area (Å²) in [6, 6.07) is -1.08. The number of hydrogen-bond donors (Lipinski definition) is 2. The molecule has 2 rings (SSSR count). The van der Waals surface area contributed by atoms with Crippen LogP contribution in [0.15, 0.2) is 0 Å². The predicted octanol–water partition coefficient (Wildman–Crippen LogP) is -1.14. The fourth-order valence-corrected chi connectivity index (χ4v) is 2.23. The molecule has 0 aromatic carbocycles. The molecule has 8 heteroatoms. The van der Waals surface area contributed by atoms with Crippen LogP contribution < -0.4 is 5.32 Å². The van der Waals surface area contributed by atoms with Crippen LogP contribution in [0, 0.1) is 5.92 Å². The van der Waals surface area contributed by atoms with Crippen molar-refractivity contribution >= 4 is 23.8 Å². The van der Waals surface area contributed by atoms with E-state index in [9.17, 15) is 19.2 Å². The van der Waals surface area contributed by atoms with Gasteiger partial charge in [0.05, 0.1) is 6.42 Å². The number of carbonyl (C=O) groups excluding carboxylic acids is 3. The van der Waals surface area contributed by atoms with E-state index in [0.29, 0.717) is 13.1 Å². The van der Waals surface area contributed by atoms with Gasteiger partial charge in [-0.15, -0.1) is 0 Å². The van der Waals surface area contributed by atoms with Gasteiger partial charge in [0.1, 0.15) is 12.6 Å². The smallest absolute Gasteiger partial charge is 0.321 e. The van der Waals surface area contributed by atoms with E-state index in [1.807, 2.05) is 0 Å². The Balaban J connectivity index is 1.92. The largest absolute Gasteiger partial charge is 0.481 e. The van der Waals surface area contributed by atoms with Crippen LogP contribution in [-0.2, 0) is 14.4 Å². The van der Waals surface area contributed by atoms with E-state index in [-0.39, 0.29) is 18.9 Å². The van der Waals surface area contributed by atoms with E-state index in [0.717, 1.165) is 0 Å². The van der Waals surface area contributed by atoms with Gasteiger partial charge in [0, 0.05) is 19.0 Å². The van der Waals surface area contributed by atoms with Gasteiger partial charge in [0.15, 0.2) is 0 Å². The molecule has 1 unspecified atom stereocenters. The summed E-state index contributed by atoms with van der Waals surface area (Å²) in [7, 11) is 0. The van der Waals surface area contributed by atoms with E-state index >= 15 is 0 Å². The van der Waals surface area contributed by atoms with E-state index in [4.69, 9.17) is 5.11 Å². The fourth-order valence-electron chi connectivity index (χ4n) is 2.23. The lowest BCUT2D eigenvalue weighted by atomic mass is 9.97. The van der Waals surface area contributed by atoms with E-state index in [1.54, 1.807) is 6.92 Å². The third-order valence-electron chi connectivity index (χ3n) is 3.36. The summed E-state index contributed by atoms with van der Waals surface area (Å²) in [6.07, 6.45) is 0.0265. The maximum atomic E-state index is 12.1. The number of nitrogens with zero attached hydrogens (tertiary/aromatic N) is 2. The van der Waals surface area contributed by atoms with Crippen LogP contribution in [0.3, 0.4) is 0 Å². The number of aliphatic carboxylic acids is 1. The normalized spacial score (nSPS) is 23.9. The number of carbonyl (C=O) groups is 4. The van der Waals surface area contributed by atoms with Crippen molar-refractivity contribution < 1.29 is 24.3 Å². The molecule has 1 atom stereocenters. The Morgan fingerprint density at radius 3 is 2.58 bits per heavy atom. The average Bonchev–Trinajstić information content (AvgIpc) is 2.26. The number of rotatable bonds is 2. The second kappa shape index (κ2) is 4.87. The van der Waals surface area contributed by atoms with Crippen LogP contribution in [0.1, 0.15) is 13.3 Å². The number of imide groups is 1. The molecule has 0 aliphatic carbocycles. The van der Waals surface area contributed by atoms with Crippen molar-refractivity contribution in [1.29, 1.82) is 0 Å². The number of amides is 4. The number of likely N-dealkylation sites (tertiary alicyclic amines) is 1. The summed E-state index contributed by atoms with van der Waals surface area (Å²) in [5.41, 5.74) is 0. The molecule has 2 saturated heterocycles. The number of carboxylic acid groups (broad SMARTS) is 1. The molecule has 0 radical (unpaired) electrons. The molecule has 2 fully saturated rings. The summed E-state index contributed by atoms with van der Waals surface area (Å²) in [4.78, 5) is 47.9. The molecule has 0 aromatic heterocycles. The molecule has 0 saturated carbocycles. The topological polar surface area (TPSA) is 107 Å². The van der Waals surface area contributed by atoms with Crippen molar-refractivity contribution in [1.82, 2.24) is 15.1 Å². The number of carboxylic acids is 1. The molecular weight excluding hydrogens is 254 g/mol. The van der Waals surface area contributed by atoms with Gasteiger partial charge in [0.25, 0.3) is 0 Å². The lowest BCUT2D eigenvalue weighted by Crippen LogP contribution is -2.64. The van der Waals surface area contributed by atoms with E-state index in [2.05, 4.69) is 5.32 Å². The third-order valence-corrected chi connectivity index (χ3v) is 3.36. The van der Waals surface area contributed by atoms with E-state index in [1.165, 1.54) is 9.80 Å². The first-order valence-electron chi connectivity index (χ1n) is 5.99. The van der Waals surface area contributed by atoms with Gasteiger partial charge in [0.2, 0.25) is 11.8 Å². The van der Waals surface area contributed by atoms with Gasteiger partial charge in [-0.2, -0.15) is 0 Å². The van der Waals surface area contributed by atoms with Crippen LogP contribution in [0.4, 0.5) is 4.79 Å². The number of urea groups is 1. The lowest BCUT2D eigenvalue weighted by molar-refractivity contribution is -0.139. The van der Waals surface area contributed by atoms with Crippen LogP contribution in [0.2, 0.25) is 0 Å². The Hall–Kier alpha value is -2.12. The van der Waals surface area contributed by atoms with Crippen LogP contribution in [0.25, 0.3) is 0 Å². The quantitative estimate of drug-likeness (QED) is 0.616. The Bertz CT molecular complexity index is 444. The Morgan fingerprint density at radius 2 is 2.00 bits per heavy atom. The molecule has 0 spiro atoms. The van der Waals surface area contributed by atoms with Gasteiger partial charge in [-0.1, -0.05) is 0 Å². The van der Waals surface area contributed by atoms with E-state index < -0.39 is 29.9 Å². The molecule has 2 aliphatic rings. The molecule has 2 heterocycles. The van der Waals surface area contributed by atoms with Crippen LogP contribution in [-0.4, -0.2) is 64.4 Å². The second-order valence-electron chi connectivity index (χ2n) is 4.87. The summed E-state index contributed by atoms with van der Waals surface area (Å²) < 4.78 is 0. The van der Waals surface area contributed by atoms with Crippen LogP contribution >= 0.6 is 0 Å². The Labute approximate surface area is 109 Å². The standard InChI is InChI=1S/C11H15N3O5/c1-6-10(18)12-8(15)5-14(6)11(19)13-3-7(4-13)2-9(16)17/h6-7H,2-5H2,1H3,(H,16,17)(H,12,15,18). The lowest BCUT2D eigenvalue weighted by Gasteiger charge is -2.43. The molecule has 8 nitrogen and oxygen atoms in total. The molecule has 2 aliphatic heterocycles. The highest BCUT2D eigenvalue weighted by Gasteiger charge is 2.40. The number of hydrogen-bond acceptors (Lipinski definition) is 4. The van der Waals surface area contributed by atoms with Crippen molar-refractivity contribution in [2.24, 2.45) is 5.92 Å². The van der Waals surface area contributed by atoms with Crippen molar-refractivity contribution in [3.05, 3.63) is 0 Å². The first kappa shape index (κ1) is 13.3. The maximum Gasteiger partial charge on any atom is 0.321 e. The molecule has 19 heavy (non-hydrogen) atoms. The van der Waals surface area contributed by atoms with Crippen molar-refractivity contribution in [3.8, 4) is 0 Å². The first-order valence-corrected chi connectivity index (χ1v) is 5.99. The molecule has 0 aromatic rings. The minimum atomic E-state index is -0.891. The van der Waals surface area contributed by atoms with Gasteiger partial charge in [-0.3, -0.25) is 19.7 Å². The molecule has 0 bridgehead atoms. The molecule has 104 valence electrons. The Morgan fingerprint density at radius 1 is 1.37 bits per heavy atom. The highest BCUT2D eigenvalue weighted by atomic mass is 16.4. The van der Waals surface area contributed by atoms with Gasteiger partial charge in [-0.25, -0.2) is 4.79 Å². The summed E-state index contributed by atoms with van der Waals surface area (Å²) in [5, 5.41) is 10.8. The molecular formula is C11H15N3O5. The predicted molar refractivity (Wildman–Crippen MR) is 62.0 cm³/mol. The number of piperazine rings is 1. The highest BCUT2D eigenvalue weighted by Crippen LogP contribution is 2.22. The molecule has 4 amide bonds. The van der Waals surface area contributed by atoms with Crippen molar-refractivity contribution in [2.45, 2.75) is 19.4 Å². The summed E-state index contributed by atoms with van der Waals surface area (Å²) in [6.45, 7) is 2.11. The minimum absolute atomic E-state index is 0.0265.